The van der Waals surface area contributed by atoms with Crippen LogP contribution in [-0.2, 0) is 19.3 Å². The number of carbonyl (C=O) groups excluding carboxylic acids is 1. The third kappa shape index (κ3) is 3.49. The van der Waals surface area contributed by atoms with E-state index in [0.29, 0.717) is 6.54 Å². The first-order valence-electron chi connectivity index (χ1n) is 7.30. The van der Waals surface area contributed by atoms with Gasteiger partial charge in [0.1, 0.15) is 10.0 Å². The molecule has 0 unspecified atom stereocenters. The first-order valence-corrected chi connectivity index (χ1v) is 8.94. The largest absolute Gasteiger partial charge is 0.351 e. The molecule has 6 heteroatoms. The van der Waals surface area contributed by atoms with Crippen LogP contribution in [0.25, 0.3) is 0 Å². The summed E-state index contributed by atoms with van der Waals surface area (Å²) in [6.07, 6.45) is 4.23. The summed E-state index contributed by atoms with van der Waals surface area (Å²) in [5.74, 6) is 0.784. The molecule has 3 rings (SSSR count). The Morgan fingerprint density at radius 3 is 3.05 bits per heavy atom. The van der Waals surface area contributed by atoms with Gasteiger partial charge in [-0.15, -0.1) is 32.9 Å². The van der Waals surface area contributed by atoms with Gasteiger partial charge in [-0.25, -0.2) is 0 Å². The lowest BCUT2D eigenvalue weighted by Gasteiger charge is -2.16. The number of nitrogens with one attached hydrogen (secondary N) is 1. The summed E-state index contributed by atoms with van der Waals surface area (Å²) in [6.45, 7) is 4.84. The van der Waals surface area contributed by atoms with Crippen molar-refractivity contribution < 1.29 is 4.79 Å². The highest BCUT2D eigenvalue weighted by atomic mass is 32.1. The van der Waals surface area contributed by atoms with Crippen molar-refractivity contribution in [1.82, 2.24) is 15.5 Å². The van der Waals surface area contributed by atoms with E-state index >= 15 is 0 Å². The molecule has 21 heavy (non-hydrogen) atoms. The van der Waals surface area contributed by atoms with Crippen LogP contribution in [0.3, 0.4) is 0 Å². The van der Waals surface area contributed by atoms with Gasteiger partial charge in [-0.05, 0) is 43.7 Å². The van der Waals surface area contributed by atoms with Crippen LogP contribution in [0.4, 0.5) is 0 Å². The number of hydrogen-bond acceptors (Lipinski definition) is 5. The van der Waals surface area contributed by atoms with Crippen molar-refractivity contribution in [2.45, 2.75) is 39.5 Å². The normalized spacial score (nSPS) is 17.5. The highest BCUT2D eigenvalue weighted by molar-refractivity contribution is 7.14. The fraction of sp³-hybridized carbons (Fsp3) is 0.533. The maximum atomic E-state index is 12.2. The van der Waals surface area contributed by atoms with Crippen molar-refractivity contribution in [2.75, 3.05) is 6.54 Å². The summed E-state index contributed by atoms with van der Waals surface area (Å²) >= 11 is 3.25. The van der Waals surface area contributed by atoms with Gasteiger partial charge in [0.25, 0.3) is 5.91 Å². The van der Waals surface area contributed by atoms with E-state index in [-0.39, 0.29) is 5.91 Å². The number of hydrogen-bond donors (Lipinski definition) is 1. The van der Waals surface area contributed by atoms with Crippen LogP contribution < -0.4 is 5.32 Å². The van der Waals surface area contributed by atoms with E-state index in [9.17, 15) is 4.79 Å². The number of fused-ring (bicyclic) bond motifs is 1. The third-order valence-electron chi connectivity index (χ3n) is 3.75. The van der Waals surface area contributed by atoms with Crippen molar-refractivity contribution in [1.29, 1.82) is 0 Å². The lowest BCUT2D eigenvalue weighted by Crippen LogP contribution is -2.24. The van der Waals surface area contributed by atoms with Gasteiger partial charge in [-0.2, -0.15) is 0 Å². The van der Waals surface area contributed by atoms with Gasteiger partial charge in [-0.3, -0.25) is 4.79 Å². The van der Waals surface area contributed by atoms with E-state index < -0.39 is 0 Å². The smallest absolute Gasteiger partial charge is 0.261 e. The van der Waals surface area contributed by atoms with E-state index in [4.69, 9.17) is 0 Å². The molecular formula is C15H19N3OS2. The number of thiophene rings is 1. The average Bonchev–Trinajstić information content (AvgIpc) is 3.04. The van der Waals surface area contributed by atoms with Crippen LogP contribution in [0.1, 0.15) is 43.5 Å². The molecule has 1 aliphatic carbocycles. The van der Waals surface area contributed by atoms with Gasteiger partial charge in [0.15, 0.2) is 0 Å². The summed E-state index contributed by atoms with van der Waals surface area (Å²) < 4.78 is 0. The number of aryl methyl sites for hydroxylation is 2. The molecule has 2 aromatic rings. The van der Waals surface area contributed by atoms with Crippen LogP contribution in [-0.4, -0.2) is 22.6 Å². The molecule has 0 spiro atoms. The molecule has 0 radical (unpaired) electrons. The number of aromatic nitrogens is 2. The minimum absolute atomic E-state index is 0.0447. The topological polar surface area (TPSA) is 54.9 Å². The summed E-state index contributed by atoms with van der Waals surface area (Å²) in [5, 5.41) is 13.0. The van der Waals surface area contributed by atoms with Gasteiger partial charge in [0.05, 0.1) is 4.88 Å². The van der Waals surface area contributed by atoms with Gasteiger partial charge in [-0.1, -0.05) is 6.92 Å². The molecule has 1 aliphatic rings. The van der Waals surface area contributed by atoms with Gasteiger partial charge in [0.2, 0.25) is 0 Å². The fourth-order valence-electron chi connectivity index (χ4n) is 2.63. The highest BCUT2D eigenvalue weighted by Crippen LogP contribution is 2.32. The lowest BCUT2D eigenvalue weighted by atomic mass is 9.90. The Labute approximate surface area is 132 Å². The molecule has 112 valence electrons. The van der Waals surface area contributed by atoms with Crippen LogP contribution in [0, 0.1) is 12.8 Å². The monoisotopic (exact) mass is 321 g/mol. The van der Waals surface area contributed by atoms with Crippen molar-refractivity contribution >= 4 is 28.6 Å². The summed E-state index contributed by atoms with van der Waals surface area (Å²) in [7, 11) is 0. The number of amides is 1. The Bertz CT molecular complexity index is 647. The molecule has 1 amide bonds. The van der Waals surface area contributed by atoms with Gasteiger partial charge < -0.3 is 5.32 Å². The molecule has 4 nitrogen and oxygen atoms in total. The minimum Gasteiger partial charge on any atom is -0.351 e. The van der Waals surface area contributed by atoms with Crippen molar-refractivity contribution in [3.8, 4) is 0 Å². The Balaban J connectivity index is 1.56. The zero-order chi connectivity index (χ0) is 14.8. The van der Waals surface area contributed by atoms with Gasteiger partial charge >= 0.3 is 0 Å². The second-order valence-corrected chi connectivity index (χ2v) is 8.03. The second kappa shape index (κ2) is 6.23. The number of carbonyl (C=O) groups is 1. The standard InChI is InChI=1S/C15H19N3OS2/c1-9-3-4-12-11(7-9)8-13(21-12)15(19)16-6-5-14-18-17-10(2)20-14/h8-9H,3-7H2,1-2H3,(H,16,19)/t9-/m0/s1. The fourth-order valence-corrected chi connectivity index (χ4v) is 4.46. The predicted molar refractivity (Wildman–Crippen MR) is 86.2 cm³/mol. The minimum atomic E-state index is 0.0447. The molecule has 0 bridgehead atoms. The van der Waals surface area contributed by atoms with Crippen LogP contribution >= 0.6 is 22.7 Å². The highest BCUT2D eigenvalue weighted by Gasteiger charge is 2.20. The first-order chi connectivity index (χ1) is 10.1. The number of rotatable bonds is 4. The zero-order valence-electron chi connectivity index (χ0n) is 12.3. The van der Waals surface area contributed by atoms with Crippen LogP contribution in [0.2, 0.25) is 0 Å². The maximum absolute atomic E-state index is 12.2. The van der Waals surface area contributed by atoms with Crippen LogP contribution in [0.15, 0.2) is 6.07 Å². The summed E-state index contributed by atoms with van der Waals surface area (Å²) in [6, 6.07) is 2.08. The van der Waals surface area contributed by atoms with Crippen molar-refractivity contribution in [3.63, 3.8) is 0 Å². The Kier molecular flexibility index (Phi) is 4.35. The molecule has 0 saturated carbocycles. The second-order valence-electron chi connectivity index (χ2n) is 5.63. The quantitative estimate of drug-likeness (QED) is 0.942. The van der Waals surface area contributed by atoms with E-state index in [1.165, 1.54) is 16.9 Å². The van der Waals surface area contributed by atoms with Crippen LogP contribution in [0.5, 0.6) is 0 Å². The Hall–Kier alpha value is -1.27. The van der Waals surface area contributed by atoms with Gasteiger partial charge in [0, 0.05) is 17.8 Å². The molecule has 0 aliphatic heterocycles. The Morgan fingerprint density at radius 1 is 1.43 bits per heavy atom. The third-order valence-corrected chi connectivity index (χ3v) is 5.88. The first kappa shape index (κ1) is 14.7. The molecule has 2 aromatic heterocycles. The summed E-state index contributed by atoms with van der Waals surface area (Å²) in [5.41, 5.74) is 1.38. The predicted octanol–water partition coefficient (Wildman–Crippen LogP) is 3.01. The molecule has 1 N–H and O–H groups in total. The van der Waals surface area contributed by atoms with E-state index in [1.807, 2.05) is 6.92 Å². The molecule has 0 saturated heterocycles. The van der Waals surface area contributed by atoms with E-state index in [0.717, 1.165) is 40.1 Å². The maximum Gasteiger partial charge on any atom is 0.261 e. The molecule has 0 aromatic carbocycles. The van der Waals surface area contributed by atoms with E-state index in [2.05, 4.69) is 28.5 Å². The lowest BCUT2D eigenvalue weighted by molar-refractivity contribution is 0.0958. The zero-order valence-corrected chi connectivity index (χ0v) is 13.9. The summed E-state index contributed by atoms with van der Waals surface area (Å²) in [4.78, 5) is 14.5. The SMILES string of the molecule is Cc1nnc(CCNC(=O)c2cc3c(s2)CC[C@H](C)C3)s1. The van der Waals surface area contributed by atoms with Crippen molar-refractivity contribution in [3.05, 3.63) is 31.4 Å². The average molecular weight is 321 g/mol. The molecule has 0 fully saturated rings. The van der Waals surface area contributed by atoms with Crippen molar-refractivity contribution in [2.24, 2.45) is 5.92 Å². The van der Waals surface area contributed by atoms with E-state index in [1.54, 1.807) is 22.7 Å². The molecule has 2 heterocycles. The molecule has 1 atom stereocenters. The number of nitrogens with zero attached hydrogens (tertiary/aromatic N) is 2. The molecular weight excluding hydrogens is 302 g/mol. The Morgan fingerprint density at radius 2 is 2.29 bits per heavy atom.